The van der Waals surface area contributed by atoms with E-state index in [0.717, 1.165) is 18.8 Å². The number of carbonyl (C=O) groups excluding carboxylic acids is 1. The van der Waals surface area contributed by atoms with Gasteiger partial charge in [-0.25, -0.2) is 8.78 Å². The van der Waals surface area contributed by atoms with Gasteiger partial charge >= 0.3 is 0 Å². The molecule has 0 saturated carbocycles. The normalized spacial score (nSPS) is 23.4. The van der Waals surface area contributed by atoms with Gasteiger partial charge in [0.05, 0.1) is 5.69 Å². The second-order valence-corrected chi connectivity index (χ2v) is 7.55. The number of aromatic nitrogens is 2. The van der Waals surface area contributed by atoms with E-state index in [2.05, 4.69) is 21.4 Å². The van der Waals surface area contributed by atoms with Gasteiger partial charge in [-0.2, -0.15) is 16.4 Å². The number of amides is 1. The summed E-state index contributed by atoms with van der Waals surface area (Å²) in [6.45, 7) is 2.29. The molecule has 4 rings (SSSR count). The fourth-order valence-electron chi connectivity index (χ4n) is 3.57. The molecule has 0 spiro atoms. The number of rotatable bonds is 3. The van der Waals surface area contributed by atoms with Crippen molar-refractivity contribution in [1.82, 2.24) is 19.6 Å². The zero-order valence-electron chi connectivity index (χ0n) is 13.8. The van der Waals surface area contributed by atoms with Crippen molar-refractivity contribution in [2.45, 2.75) is 37.9 Å². The van der Waals surface area contributed by atoms with Crippen LogP contribution < -0.4 is 0 Å². The molecule has 2 aromatic heterocycles. The first kappa shape index (κ1) is 16.7. The molecule has 0 radical (unpaired) electrons. The summed E-state index contributed by atoms with van der Waals surface area (Å²) in [6.07, 6.45) is 1.19. The van der Waals surface area contributed by atoms with E-state index in [0.29, 0.717) is 6.54 Å². The molecule has 5 nitrogen and oxygen atoms in total. The molecule has 0 aromatic carbocycles. The number of hydrogen-bond acceptors (Lipinski definition) is 4. The molecule has 0 N–H and O–H groups in total. The number of hydrogen-bond donors (Lipinski definition) is 0. The van der Waals surface area contributed by atoms with Gasteiger partial charge in [0.15, 0.2) is 0 Å². The van der Waals surface area contributed by atoms with E-state index in [1.54, 1.807) is 27.1 Å². The molecule has 2 aliphatic rings. The predicted molar refractivity (Wildman–Crippen MR) is 90.5 cm³/mol. The van der Waals surface area contributed by atoms with Crippen LogP contribution in [0.15, 0.2) is 29.1 Å². The van der Waals surface area contributed by atoms with Crippen LogP contribution in [0.5, 0.6) is 0 Å². The molecule has 25 heavy (non-hydrogen) atoms. The highest BCUT2D eigenvalue weighted by molar-refractivity contribution is 7.07. The van der Waals surface area contributed by atoms with Crippen LogP contribution in [0.3, 0.4) is 0 Å². The topological polar surface area (TPSA) is 41.4 Å². The summed E-state index contributed by atoms with van der Waals surface area (Å²) in [7, 11) is 0. The summed E-state index contributed by atoms with van der Waals surface area (Å²) in [6, 6.07) is 3.56. The first-order chi connectivity index (χ1) is 12.0. The molecule has 2 aliphatic heterocycles. The monoisotopic (exact) mass is 366 g/mol. The first-order valence-corrected chi connectivity index (χ1v) is 9.38. The number of carbonyl (C=O) groups is 1. The molecule has 0 unspecified atom stereocenters. The molecule has 1 amide bonds. The van der Waals surface area contributed by atoms with Crippen LogP contribution in [-0.4, -0.2) is 51.0 Å². The van der Waals surface area contributed by atoms with Crippen molar-refractivity contribution in [2.24, 2.45) is 0 Å². The Bertz CT molecular complexity index is 736. The van der Waals surface area contributed by atoms with E-state index in [-0.39, 0.29) is 31.8 Å². The summed E-state index contributed by atoms with van der Waals surface area (Å²) in [4.78, 5) is 16.8. The van der Waals surface area contributed by atoms with Crippen molar-refractivity contribution in [3.05, 3.63) is 40.3 Å². The molecular weight excluding hydrogens is 346 g/mol. The van der Waals surface area contributed by atoms with Gasteiger partial charge in [0, 0.05) is 51.8 Å². The van der Waals surface area contributed by atoms with Crippen LogP contribution in [0.2, 0.25) is 0 Å². The lowest BCUT2D eigenvalue weighted by Gasteiger charge is -2.38. The fourth-order valence-corrected chi connectivity index (χ4v) is 4.23. The highest BCUT2D eigenvalue weighted by Gasteiger charge is 2.39. The van der Waals surface area contributed by atoms with E-state index in [1.807, 2.05) is 11.4 Å². The Labute approximate surface area is 148 Å². The molecular formula is C17H20F2N4OS. The smallest absolute Gasteiger partial charge is 0.251 e. The summed E-state index contributed by atoms with van der Waals surface area (Å²) in [5.41, 5.74) is 2.21. The van der Waals surface area contributed by atoms with Crippen LogP contribution in [0, 0.1) is 0 Å². The van der Waals surface area contributed by atoms with Gasteiger partial charge in [-0.1, -0.05) is 0 Å². The second kappa shape index (κ2) is 6.49. The van der Waals surface area contributed by atoms with Gasteiger partial charge in [0.1, 0.15) is 6.04 Å². The van der Waals surface area contributed by atoms with E-state index >= 15 is 0 Å². The number of likely N-dealkylation sites (tertiary alicyclic amines) is 1. The van der Waals surface area contributed by atoms with Crippen molar-refractivity contribution in [1.29, 1.82) is 0 Å². The predicted octanol–water partition coefficient (Wildman–Crippen LogP) is 2.76. The molecule has 134 valence electrons. The maximum absolute atomic E-state index is 13.4. The van der Waals surface area contributed by atoms with Crippen molar-refractivity contribution in [3.8, 4) is 0 Å². The number of fused-ring (bicyclic) bond motifs is 1. The van der Waals surface area contributed by atoms with Crippen molar-refractivity contribution >= 4 is 17.2 Å². The molecule has 1 atom stereocenters. The minimum absolute atomic E-state index is 0.101. The Morgan fingerprint density at radius 2 is 2.12 bits per heavy atom. The third-order valence-corrected chi connectivity index (χ3v) is 5.67. The highest BCUT2D eigenvalue weighted by Crippen LogP contribution is 2.30. The van der Waals surface area contributed by atoms with E-state index < -0.39 is 12.0 Å². The van der Waals surface area contributed by atoms with Gasteiger partial charge in [0.25, 0.3) is 5.92 Å². The average Bonchev–Trinajstić information content (AvgIpc) is 3.25. The van der Waals surface area contributed by atoms with E-state index in [9.17, 15) is 13.6 Å². The van der Waals surface area contributed by atoms with Crippen molar-refractivity contribution in [2.75, 3.05) is 19.6 Å². The number of halogens is 2. The van der Waals surface area contributed by atoms with Crippen molar-refractivity contribution < 1.29 is 13.6 Å². The minimum atomic E-state index is -2.65. The van der Waals surface area contributed by atoms with Gasteiger partial charge in [-0.05, 0) is 28.5 Å². The van der Waals surface area contributed by atoms with E-state index in [4.69, 9.17) is 0 Å². The average molecular weight is 366 g/mol. The standard InChI is InChI=1S/C17H20F2N4OS/c18-17(19)3-6-22(7-4-17)16(24)15-11-21(9-13-2-8-25-12-13)10-14-1-5-20-23(14)15/h1-2,5,8,12,15H,3-4,6-7,9-11H2/t15-/m1/s1. The van der Waals surface area contributed by atoms with Gasteiger partial charge in [-0.3, -0.25) is 14.4 Å². The zero-order valence-corrected chi connectivity index (χ0v) is 14.6. The maximum Gasteiger partial charge on any atom is 0.251 e. The summed E-state index contributed by atoms with van der Waals surface area (Å²) in [5, 5.41) is 8.46. The van der Waals surface area contributed by atoms with Crippen LogP contribution in [-0.2, 0) is 17.9 Å². The molecule has 0 bridgehead atoms. The molecule has 2 aromatic rings. The number of alkyl halides is 2. The summed E-state index contributed by atoms with van der Waals surface area (Å²) < 4.78 is 28.5. The Kier molecular flexibility index (Phi) is 4.33. The lowest BCUT2D eigenvalue weighted by molar-refractivity contribution is -0.142. The largest absolute Gasteiger partial charge is 0.340 e. The minimum Gasteiger partial charge on any atom is -0.340 e. The molecule has 0 aliphatic carbocycles. The van der Waals surface area contributed by atoms with Crippen molar-refractivity contribution in [3.63, 3.8) is 0 Å². The number of thiophene rings is 1. The zero-order chi connectivity index (χ0) is 17.4. The second-order valence-electron chi connectivity index (χ2n) is 6.77. The van der Waals surface area contributed by atoms with E-state index in [1.165, 1.54) is 5.56 Å². The lowest BCUT2D eigenvalue weighted by atomic mass is 10.0. The van der Waals surface area contributed by atoms with Crippen LogP contribution >= 0.6 is 11.3 Å². The van der Waals surface area contributed by atoms with Gasteiger partial charge < -0.3 is 4.90 Å². The Morgan fingerprint density at radius 1 is 1.32 bits per heavy atom. The molecule has 4 heterocycles. The third kappa shape index (κ3) is 3.46. The van der Waals surface area contributed by atoms with Crippen LogP contribution in [0.4, 0.5) is 8.78 Å². The Balaban J connectivity index is 1.51. The SMILES string of the molecule is O=C([C@H]1CN(Cc2ccsc2)Cc2ccnn21)N1CCC(F)(F)CC1. The third-order valence-electron chi connectivity index (χ3n) is 4.94. The van der Waals surface area contributed by atoms with Gasteiger partial charge in [0.2, 0.25) is 5.91 Å². The maximum atomic E-state index is 13.4. The molecule has 1 saturated heterocycles. The Morgan fingerprint density at radius 3 is 2.84 bits per heavy atom. The number of piperidine rings is 1. The van der Waals surface area contributed by atoms with Crippen LogP contribution in [0.25, 0.3) is 0 Å². The quantitative estimate of drug-likeness (QED) is 0.839. The molecule has 1 fully saturated rings. The lowest BCUT2D eigenvalue weighted by Crippen LogP contribution is -2.50. The number of nitrogens with zero attached hydrogens (tertiary/aromatic N) is 4. The van der Waals surface area contributed by atoms with Gasteiger partial charge in [-0.15, -0.1) is 0 Å². The Hall–Kier alpha value is -1.80. The summed E-state index contributed by atoms with van der Waals surface area (Å²) >= 11 is 1.65. The fraction of sp³-hybridized carbons (Fsp3) is 0.529. The van der Waals surface area contributed by atoms with Crippen LogP contribution in [0.1, 0.15) is 30.1 Å². The summed E-state index contributed by atoms with van der Waals surface area (Å²) in [5.74, 6) is -2.75. The first-order valence-electron chi connectivity index (χ1n) is 8.44. The molecule has 8 heteroatoms. The highest BCUT2D eigenvalue weighted by atomic mass is 32.1.